The van der Waals surface area contributed by atoms with Crippen LogP contribution in [0.2, 0.25) is 0 Å². The Labute approximate surface area is 116 Å². The first-order valence-electron chi connectivity index (χ1n) is 8.19. The van der Waals surface area contributed by atoms with Crippen LogP contribution in [0.25, 0.3) is 0 Å². The number of hydrogen-bond donors (Lipinski definition) is 1. The van der Waals surface area contributed by atoms with E-state index in [1.165, 1.54) is 32.1 Å². The molecule has 0 unspecified atom stereocenters. The van der Waals surface area contributed by atoms with Crippen LogP contribution in [0.15, 0.2) is 0 Å². The molecule has 0 aromatic rings. The van der Waals surface area contributed by atoms with Crippen molar-refractivity contribution in [2.75, 3.05) is 6.54 Å². The number of rotatable bonds is 2. The van der Waals surface area contributed by atoms with Gasteiger partial charge in [-0.2, -0.15) is 0 Å². The molecule has 1 heterocycles. The van der Waals surface area contributed by atoms with Crippen molar-refractivity contribution in [3.63, 3.8) is 0 Å². The Morgan fingerprint density at radius 2 is 1.63 bits per heavy atom. The maximum absolute atomic E-state index is 12.3. The van der Waals surface area contributed by atoms with Crippen molar-refractivity contribution in [3.05, 3.63) is 0 Å². The minimum Gasteiger partial charge on any atom is -0.336 e. The lowest BCUT2D eigenvalue weighted by atomic mass is 9.53. The van der Waals surface area contributed by atoms with Crippen molar-refractivity contribution in [1.82, 2.24) is 10.2 Å². The smallest absolute Gasteiger partial charge is 0.318 e. The summed E-state index contributed by atoms with van der Waals surface area (Å²) in [6.45, 7) is 5.38. The Kier molecular flexibility index (Phi) is 2.62. The number of nitrogens with one attached hydrogen (secondary N) is 1. The molecule has 0 aromatic carbocycles. The molecule has 0 spiro atoms. The molecule has 1 aliphatic heterocycles. The highest BCUT2D eigenvalue weighted by Gasteiger charge is 2.53. The molecule has 4 saturated carbocycles. The molecular formula is C16H26N2O. The van der Waals surface area contributed by atoms with Crippen molar-refractivity contribution in [2.45, 2.75) is 58.0 Å². The average Bonchev–Trinajstić information content (AvgIpc) is 2.70. The maximum atomic E-state index is 12.3. The van der Waals surface area contributed by atoms with Gasteiger partial charge in [-0.05, 0) is 61.7 Å². The Bertz CT molecular complexity index is 364. The summed E-state index contributed by atoms with van der Waals surface area (Å²) in [4.78, 5) is 14.6. The van der Waals surface area contributed by atoms with E-state index >= 15 is 0 Å². The monoisotopic (exact) mass is 262 g/mol. The molecule has 19 heavy (non-hydrogen) atoms. The lowest BCUT2D eigenvalue weighted by Gasteiger charge is -2.57. The predicted molar refractivity (Wildman–Crippen MR) is 74.7 cm³/mol. The molecule has 0 aromatic heterocycles. The van der Waals surface area contributed by atoms with Gasteiger partial charge >= 0.3 is 6.03 Å². The zero-order valence-electron chi connectivity index (χ0n) is 12.1. The quantitative estimate of drug-likeness (QED) is 0.815. The molecule has 1 atom stereocenters. The Balaban J connectivity index is 1.62. The summed E-state index contributed by atoms with van der Waals surface area (Å²) >= 11 is 0. The number of nitrogens with zero attached hydrogens (tertiary/aromatic N) is 1. The summed E-state index contributed by atoms with van der Waals surface area (Å²) in [6.07, 6.45) is 7.07. The van der Waals surface area contributed by atoms with Gasteiger partial charge in [0.2, 0.25) is 0 Å². The fourth-order valence-electron chi connectivity index (χ4n) is 5.80. The van der Waals surface area contributed by atoms with Crippen molar-refractivity contribution in [3.8, 4) is 0 Å². The van der Waals surface area contributed by atoms with E-state index < -0.39 is 0 Å². The second-order valence-corrected chi connectivity index (χ2v) is 7.83. The van der Waals surface area contributed by atoms with E-state index in [4.69, 9.17) is 0 Å². The topological polar surface area (TPSA) is 32.3 Å². The molecule has 4 aliphatic carbocycles. The molecule has 5 rings (SSSR count). The summed E-state index contributed by atoms with van der Waals surface area (Å²) < 4.78 is 0. The Hall–Kier alpha value is -0.730. The first kappa shape index (κ1) is 12.0. The van der Waals surface area contributed by atoms with Gasteiger partial charge in [-0.15, -0.1) is 0 Å². The highest BCUT2D eigenvalue weighted by atomic mass is 16.2. The first-order valence-corrected chi connectivity index (χ1v) is 8.19. The third kappa shape index (κ3) is 1.73. The highest BCUT2D eigenvalue weighted by molar-refractivity contribution is 5.77. The molecule has 3 nitrogen and oxygen atoms in total. The molecule has 1 N–H and O–H groups in total. The standard InChI is InChI=1S/C16H26N2O/c1-9(2)14-8-17-16(19)18(14)15-12-4-10-3-11(6-12)7-13(15)5-10/h9-15H,3-8H2,1-2H3,(H,17,19)/t10?,11?,12?,13?,14-,15?/m0/s1. The van der Waals surface area contributed by atoms with Gasteiger partial charge in [0.1, 0.15) is 0 Å². The second-order valence-electron chi connectivity index (χ2n) is 7.83. The summed E-state index contributed by atoms with van der Waals surface area (Å²) in [5.41, 5.74) is 0. The van der Waals surface area contributed by atoms with E-state index in [2.05, 4.69) is 24.1 Å². The molecule has 106 valence electrons. The van der Waals surface area contributed by atoms with Crippen LogP contribution >= 0.6 is 0 Å². The van der Waals surface area contributed by atoms with E-state index in [-0.39, 0.29) is 6.03 Å². The van der Waals surface area contributed by atoms with Crippen LogP contribution in [0.5, 0.6) is 0 Å². The van der Waals surface area contributed by atoms with Crippen molar-refractivity contribution in [2.24, 2.45) is 29.6 Å². The van der Waals surface area contributed by atoms with Gasteiger partial charge in [0.25, 0.3) is 0 Å². The first-order chi connectivity index (χ1) is 9.13. The zero-order valence-corrected chi connectivity index (χ0v) is 12.1. The van der Waals surface area contributed by atoms with E-state index in [1.807, 2.05) is 0 Å². The van der Waals surface area contributed by atoms with Gasteiger partial charge < -0.3 is 10.2 Å². The number of urea groups is 1. The Morgan fingerprint density at radius 3 is 2.16 bits per heavy atom. The molecule has 5 fully saturated rings. The summed E-state index contributed by atoms with van der Waals surface area (Å²) in [5.74, 6) is 4.16. The number of amides is 2. The largest absolute Gasteiger partial charge is 0.336 e. The third-order valence-corrected chi connectivity index (χ3v) is 6.32. The van der Waals surface area contributed by atoms with E-state index in [0.29, 0.717) is 18.0 Å². The number of hydrogen-bond acceptors (Lipinski definition) is 1. The van der Waals surface area contributed by atoms with Gasteiger partial charge in [0.15, 0.2) is 0 Å². The van der Waals surface area contributed by atoms with Crippen LogP contribution in [-0.4, -0.2) is 29.6 Å². The normalized spacial score (nSPS) is 48.2. The summed E-state index contributed by atoms with van der Waals surface area (Å²) in [6, 6.07) is 1.20. The van der Waals surface area contributed by atoms with E-state index in [0.717, 1.165) is 30.2 Å². The van der Waals surface area contributed by atoms with E-state index in [9.17, 15) is 4.79 Å². The SMILES string of the molecule is CC(C)[C@@H]1CNC(=O)N1C1C2CC3CC(C2)CC1C3. The van der Waals surface area contributed by atoms with Crippen LogP contribution in [0, 0.1) is 29.6 Å². The number of carbonyl (C=O) groups is 1. The summed E-state index contributed by atoms with van der Waals surface area (Å²) in [7, 11) is 0. The molecule has 2 amide bonds. The van der Waals surface area contributed by atoms with Gasteiger partial charge in [0.05, 0.1) is 6.04 Å². The van der Waals surface area contributed by atoms with Gasteiger partial charge in [-0.25, -0.2) is 4.79 Å². The highest BCUT2D eigenvalue weighted by Crippen LogP contribution is 2.55. The van der Waals surface area contributed by atoms with Crippen LogP contribution < -0.4 is 5.32 Å². The van der Waals surface area contributed by atoms with E-state index in [1.54, 1.807) is 0 Å². The maximum Gasteiger partial charge on any atom is 0.318 e. The Morgan fingerprint density at radius 1 is 1.05 bits per heavy atom. The predicted octanol–water partition coefficient (Wildman–Crippen LogP) is 2.86. The minimum atomic E-state index is 0.219. The van der Waals surface area contributed by atoms with Crippen molar-refractivity contribution < 1.29 is 4.79 Å². The number of carbonyl (C=O) groups excluding carboxylic acids is 1. The van der Waals surface area contributed by atoms with Gasteiger partial charge in [0, 0.05) is 12.6 Å². The van der Waals surface area contributed by atoms with Crippen LogP contribution in [0.3, 0.4) is 0 Å². The average molecular weight is 262 g/mol. The second kappa shape index (κ2) is 4.13. The van der Waals surface area contributed by atoms with Gasteiger partial charge in [-0.1, -0.05) is 13.8 Å². The summed E-state index contributed by atoms with van der Waals surface area (Å²) in [5, 5.41) is 3.10. The molecule has 4 bridgehead atoms. The minimum absolute atomic E-state index is 0.219. The molecule has 1 saturated heterocycles. The molecule has 5 aliphatic rings. The van der Waals surface area contributed by atoms with Crippen molar-refractivity contribution >= 4 is 6.03 Å². The van der Waals surface area contributed by atoms with Crippen LogP contribution in [0.4, 0.5) is 4.79 Å². The van der Waals surface area contributed by atoms with Crippen LogP contribution in [-0.2, 0) is 0 Å². The third-order valence-electron chi connectivity index (χ3n) is 6.32. The van der Waals surface area contributed by atoms with Crippen LogP contribution in [0.1, 0.15) is 46.0 Å². The van der Waals surface area contributed by atoms with Gasteiger partial charge in [-0.3, -0.25) is 0 Å². The van der Waals surface area contributed by atoms with Crippen molar-refractivity contribution in [1.29, 1.82) is 0 Å². The fourth-order valence-corrected chi connectivity index (χ4v) is 5.80. The lowest BCUT2D eigenvalue weighted by molar-refractivity contribution is -0.0589. The molecule has 0 radical (unpaired) electrons. The zero-order chi connectivity index (χ0) is 13.1. The lowest BCUT2D eigenvalue weighted by Crippen LogP contribution is -2.59. The molecular weight excluding hydrogens is 236 g/mol. The molecule has 3 heteroatoms. The fraction of sp³-hybridized carbons (Fsp3) is 0.938.